The molecule has 1 atom stereocenters. The van der Waals surface area contributed by atoms with Gasteiger partial charge in [0.1, 0.15) is 5.82 Å². The van der Waals surface area contributed by atoms with E-state index in [1.54, 1.807) is 13.1 Å². The first-order chi connectivity index (χ1) is 14.2. The number of aryl methyl sites for hydroxylation is 2. The second-order valence-corrected chi connectivity index (χ2v) is 7.39. The summed E-state index contributed by atoms with van der Waals surface area (Å²) in [5, 5.41) is 7.06. The number of anilines is 1. The molecule has 4 rings (SSSR count). The average Bonchev–Trinajstić information content (AvgIpc) is 3.38. The smallest absolute Gasteiger partial charge is 0.259 e. The van der Waals surface area contributed by atoms with Crippen LogP contribution in [0.1, 0.15) is 31.2 Å². The first kappa shape index (κ1) is 19.1. The van der Waals surface area contributed by atoms with Crippen molar-refractivity contribution in [2.45, 2.75) is 38.6 Å². The molecular formula is C22H25N5O2. The van der Waals surface area contributed by atoms with Gasteiger partial charge in [0.2, 0.25) is 5.91 Å². The summed E-state index contributed by atoms with van der Waals surface area (Å²) in [6.07, 6.45) is 5.45. The summed E-state index contributed by atoms with van der Waals surface area (Å²) in [6.45, 7) is 3.21. The standard InChI is InChI=1S/C22H25N5O2/c1-16(28)24-19-12-13-27(15-19)21-11-10-18(14-23-21)22-25-20(26-29-22)9-5-8-17-6-3-2-4-7-17/h2-4,6-7,10-11,14,19H,5,8-9,12-13,15H2,1H3,(H,24,28)/t19-/m1/s1. The maximum absolute atomic E-state index is 11.2. The Kier molecular flexibility index (Phi) is 5.84. The van der Waals surface area contributed by atoms with Crippen LogP contribution in [0.25, 0.3) is 11.5 Å². The molecule has 0 radical (unpaired) electrons. The third kappa shape index (κ3) is 4.99. The molecule has 1 aromatic carbocycles. The van der Waals surface area contributed by atoms with E-state index >= 15 is 0 Å². The van der Waals surface area contributed by atoms with Crippen molar-refractivity contribution < 1.29 is 9.32 Å². The van der Waals surface area contributed by atoms with E-state index in [1.807, 2.05) is 18.2 Å². The Bertz CT molecular complexity index is 939. The van der Waals surface area contributed by atoms with E-state index in [1.165, 1.54) is 5.56 Å². The van der Waals surface area contributed by atoms with E-state index in [4.69, 9.17) is 4.52 Å². The van der Waals surface area contributed by atoms with Crippen LogP contribution in [0, 0.1) is 0 Å². The van der Waals surface area contributed by atoms with Gasteiger partial charge in [0.25, 0.3) is 5.89 Å². The van der Waals surface area contributed by atoms with Crippen molar-refractivity contribution in [1.29, 1.82) is 0 Å². The van der Waals surface area contributed by atoms with Gasteiger partial charge in [-0.25, -0.2) is 4.98 Å². The molecule has 0 bridgehead atoms. The molecule has 2 aromatic heterocycles. The number of nitrogens with one attached hydrogen (secondary N) is 1. The fourth-order valence-electron chi connectivity index (χ4n) is 3.64. The molecule has 0 spiro atoms. The Hall–Kier alpha value is -3.22. The van der Waals surface area contributed by atoms with Crippen molar-refractivity contribution in [2.75, 3.05) is 18.0 Å². The highest BCUT2D eigenvalue weighted by Gasteiger charge is 2.24. The first-order valence-corrected chi connectivity index (χ1v) is 10.0. The predicted octanol–water partition coefficient (Wildman–Crippen LogP) is 3.02. The van der Waals surface area contributed by atoms with Gasteiger partial charge in [-0.3, -0.25) is 4.79 Å². The van der Waals surface area contributed by atoms with Crippen LogP contribution in [0.3, 0.4) is 0 Å². The Morgan fingerprint density at radius 2 is 2.07 bits per heavy atom. The van der Waals surface area contributed by atoms with Gasteiger partial charge in [-0.2, -0.15) is 4.98 Å². The first-order valence-electron chi connectivity index (χ1n) is 10.0. The SMILES string of the molecule is CC(=O)N[C@@H]1CCN(c2ccc(-c3nc(CCCc4ccccc4)no3)cn2)C1. The zero-order valence-electron chi connectivity index (χ0n) is 16.5. The molecule has 1 N–H and O–H groups in total. The minimum absolute atomic E-state index is 0.0103. The van der Waals surface area contributed by atoms with Crippen LogP contribution in [-0.4, -0.2) is 40.2 Å². The Morgan fingerprint density at radius 3 is 2.83 bits per heavy atom. The number of nitrogens with zero attached hydrogens (tertiary/aromatic N) is 4. The molecule has 7 heteroatoms. The van der Waals surface area contributed by atoms with Crippen molar-refractivity contribution in [2.24, 2.45) is 0 Å². The topological polar surface area (TPSA) is 84.2 Å². The highest BCUT2D eigenvalue weighted by molar-refractivity contribution is 5.73. The van der Waals surface area contributed by atoms with Gasteiger partial charge >= 0.3 is 0 Å². The zero-order valence-corrected chi connectivity index (χ0v) is 16.5. The number of hydrogen-bond acceptors (Lipinski definition) is 6. The molecule has 1 amide bonds. The lowest BCUT2D eigenvalue weighted by molar-refractivity contribution is -0.119. The summed E-state index contributed by atoms with van der Waals surface area (Å²) < 4.78 is 5.42. The third-order valence-electron chi connectivity index (χ3n) is 5.09. The molecule has 0 unspecified atom stereocenters. The summed E-state index contributed by atoms with van der Waals surface area (Å²) in [5.74, 6) is 2.12. The second kappa shape index (κ2) is 8.86. The third-order valence-corrected chi connectivity index (χ3v) is 5.09. The molecule has 3 heterocycles. The van der Waals surface area contributed by atoms with Crippen molar-refractivity contribution in [3.8, 4) is 11.5 Å². The number of amides is 1. The minimum Gasteiger partial charge on any atom is -0.354 e. The van der Waals surface area contributed by atoms with Gasteiger partial charge in [0.05, 0.1) is 5.56 Å². The van der Waals surface area contributed by atoms with Crippen LogP contribution >= 0.6 is 0 Å². The highest BCUT2D eigenvalue weighted by Crippen LogP contribution is 2.22. The summed E-state index contributed by atoms with van der Waals surface area (Å²) in [7, 11) is 0. The van der Waals surface area contributed by atoms with Gasteiger partial charge in [0, 0.05) is 38.7 Å². The summed E-state index contributed by atoms with van der Waals surface area (Å²) >= 11 is 0. The Labute approximate surface area is 170 Å². The summed E-state index contributed by atoms with van der Waals surface area (Å²) in [5.41, 5.74) is 2.13. The summed E-state index contributed by atoms with van der Waals surface area (Å²) in [6, 6.07) is 14.5. The molecule has 29 heavy (non-hydrogen) atoms. The van der Waals surface area contributed by atoms with E-state index < -0.39 is 0 Å². The van der Waals surface area contributed by atoms with Crippen molar-refractivity contribution in [1.82, 2.24) is 20.4 Å². The van der Waals surface area contributed by atoms with Crippen LogP contribution < -0.4 is 10.2 Å². The monoisotopic (exact) mass is 391 g/mol. The van der Waals surface area contributed by atoms with Crippen LogP contribution in [0.15, 0.2) is 53.2 Å². The quantitative estimate of drug-likeness (QED) is 0.666. The number of aromatic nitrogens is 3. The maximum Gasteiger partial charge on any atom is 0.259 e. The van der Waals surface area contributed by atoms with E-state index in [2.05, 4.69) is 49.6 Å². The van der Waals surface area contributed by atoms with Crippen LogP contribution in [-0.2, 0) is 17.6 Å². The molecule has 1 aliphatic heterocycles. The van der Waals surface area contributed by atoms with Crippen LogP contribution in [0.2, 0.25) is 0 Å². The number of benzene rings is 1. The van der Waals surface area contributed by atoms with E-state index in [0.717, 1.165) is 56.0 Å². The number of pyridine rings is 1. The normalized spacial score (nSPS) is 16.2. The molecule has 1 fully saturated rings. The Balaban J connectivity index is 1.32. The fourth-order valence-corrected chi connectivity index (χ4v) is 3.64. The molecule has 1 aliphatic rings. The van der Waals surface area contributed by atoms with E-state index in [0.29, 0.717) is 5.89 Å². The predicted molar refractivity (Wildman–Crippen MR) is 110 cm³/mol. The van der Waals surface area contributed by atoms with E-state index in [9.17, 15) is 4.79 Å². The zero-order chi connectivity index (χ0) is 20.1. The number of hydrogen-bond donors (Lipinski definition) is 1. The molecule has 150 valence electrons. The molecule has 0 aliphatic carbocycles. The molecular weight excluding hydrogens is 366 g/mol. The number of rotatable bonds is 7. The van der Waals surface area contributed by atoms with Gasteiger partial charge < -0.3 is 14.7 Å². The van der Waals surface area contributed by atoms with Crippen molar-refractivity contribution in [3.63, 3.8) is 0 Å². The lowest BCUT2D eigenvalue weighted by atomic mass is 10.1. The highest BCUT2D eigenvalue weighted by atomic mass is 16.5. The van der Waals surface area contributed by atoms with Crippen LogP contribution in [0.4, 0.5) is 5.82 Å². The number of carbonyl (C=O) groups is 1. The van der Waals surface area contributed by atoms with Gasteiger partial charge in [0.15, 0.2) is 5.82 Å². The van der Waals surface area contributed by atoms with E-state index in [-0.39, 0.29) is 11.9 Å². The largest absolute Gasteiger partial charge is 0.354 e. The molecule has 7 nitrogen and oxygen atoms in total. The lowest BCUT2D eigenvalue weighted by Crippen LogP contribution is -2.35. The fraction of sp³-hybridized carbons (Fsp3) is 0.364. The minimum atomic E-state index is 0.0103. The average molecular weight is 391 g/mol. The maximum atomic E-state index is 11.2. The van der Waals surface area contributed by atoms with Gasteiger partial charge in [-0.05, 0) is 37.0 Å². The van der Waals surface area contributed by atoms with Crippen molar-refractivity contribution >= 4 is 11.7 Å². The summed E-state index contributed by atoms with van der Waals surface area (Å²) in [4.78, 5) is 22.4. The second-order valence-electron chi connectivity index (χ2n) is 7.39. The van der Waals surface area contributed by atoms with Gasteiger partial charge in [-0.1, -0.05) is 35.5 Å². The molecule has 1 saturated heterocycles. The number of carbonyl (C=O) groups excluding carboxylic acids is 1. The molecule has 3 aromatic rings. The van der Waals surface area contributed by atoms with Gasteiger partial charge in [-0.15, -0.1) is 0 Å². The molecule has 0 saturated carbocycles. The van der Waals surface area contributed by atoms with Crippen LogP contribution in [0.5, 0.6) is 0 Å². The van der Waals surface area contributed by atoms with Crippen molar-refractivity contribution in [3.05, 3.63) is 60.0 Å². The lowest BCUT2D eigenvalue weighted by Gasteiger charge is -2.17. The Morgan fingerprint density at radius 1 is 1.21 bits per heavy atom.